The number of aryl methyl sites for hydroxylation is 1. The van der Waals surface area contributed by atoms with Crippen LogP contribution in [-0.2, 0) is 9.53 Å². The number of amides is 1. The fourth-order valence-electron chi connectivity index (χ4n) is 2.50. The Bertz CT molecular complexity index is 657. The maximum Gasteiger partial charge on any atom is 0.253 e. The summed E-state index contributed by atoms with van der Waals surface area (Å²) in [5, 5.41) is 14.0. The molecule has 22 heavy (non-hydrogen) atoms. The molecule has 0 spiro atoms. The van der Waals surface area contributed by atoms with Crippen LogP contribution in [0.2, 0.25) is 0 Å². The lowest BCUT2D eigenvalue weighted by Gasteiger charge is -2.14. The van der Waals surface area contributed by atoms with Gasteiger partial charge >= 0.3 is 0 Å². The summed E-state index contributed by atoms with van der Waals surface area (Å²) in [6, 6.07) is 5.58. The Morgan fingerprint density at radius 2 is 2.36 bits per heavy atom. The highest BCUT2D eigenvalue weighted by molar-refractivity contribution is 5.94. The zero-order valence-corrected chi connectivity index (χ0v) is 12.3. The van der Waals surface area contributed by atoms with E-state index >= 15 is 0 Å². The third-order valence-corrected chi connectivity index (χ3v) is 3.74. The molecule has 8 heteroatoms. The number of benzene rings is 1. The molecular weight excluding hydrogens is 284 g/mol. The predicted molar refractivity (Wildman–Crippen MR) is 79.5 cm³/mol. The monoisotopic (exact) mass is 302 g/mol. The fraction of sp³-hybridized carbons (Fsp3) is 0.429. The van der Waals surface area contributed by atoms with Crippen molar-refractivity contribution < 1.29 is 9.53 Å². The Hall–Kier alpha value is -2.32. The van der Waals surface area contributed by atoms with Crippen molar-refractivity contribution in [2.45, 2.75) is 32.0 Å². The van der Waals surface area contributed by atoms with E-state index in [0.717, 1.165) is 17.7 Å². The number of carbonyl (C=O) groups is 1. The van der Waals surface area contributed by atoms with Crippen LogP contribution in [0.25, 0.3) is 5.69 Å². The molecule has 1 aliphatic rings. The van der Waals surface area contributed by atoms with E-state index in [4.69, 9.17) is 10.5 Å². The van der Waals surface area contributed by atoms with E-state index in [9.17, 15) is 4.79 Å². The summed E-state index contributed by atoms with van der Waals surface area (Å²) < 4.78 is 7.15. The highest BCUT2D eigenvalue weighted by Crippen LogP contribution is 2.22. The van der Waals surface area contributed by atoms with Gasteiger partial charge in [0.2, 0.25) is 0 Å². The van der Waals surface area contributed by atoms with Gasteiger partial charge in [0, 0.05) is 12.2 Å². The van der Waals surface area contributed by atoms with E-state index in [0.29, 0.717) is 18.7 Å². The number of ether oxygens (including phenoxy) is 1. The minimum absolute atomic E-state index is 0.0226. The number of hydrogen-bond donors (Lipinski definition) is 2. The first-order chi connectivity index (χ1) is 10.7. The van der Waals surface area contributed by atoms with E-state index in [-0.39, 0.29) is 12.0 Å². The third-order valence-electron chi connectivity index (χ3n) is 3.74. The van der Waals surface area contributed by atoms with Gasteiger partial charge in [-0.25, -0.2) is 4.68 Å². The van der Waals surface area contributed by atoms with Crippen molar-refractivity contribution in [1.29, 1.82) is 0 Å². The van der Waals surface area contributed by atoms with Crippen LogP contribution in [0.4, 0.5) is 5.69 Å². The van der Waals surface area contributed by atoms with Gasteiger partial charge in [0.15, 0.2) is 0 Å². The molecule has 1 aliphatic heterocycles. The molecule has 2 atom stereocenters. The normalized spacial score (nSPS) is 21.0. The average Bonchev–Trinajstić information content (AvgIpc) is 3.20. The van der Waals surface area contributed by atoms with Gasteiger partial charge in [-0.1, -0.05) is 6.07 Å². The number of carbonyl (C=O) groups excluding carboxylic acids is 1. The van der Waals surface area contributed by atoms with E-state index in [1.807, 2.05) is 25.1 Å². The molecule has 1 saturated heterocycles. The number of aromatic nitrogens is 4. The van der Waals surface area contributed by atoms with Crippen molar-refractivity contribution in [2.75, 3.05) is 11.9 Å². The van der Waals surface area contributed by atoms with Crippen LogP contribution in [0.15, 0.2) is 24.5 Å². The average molecular weight is 302 g/mol. The largest absolute Gasteiger partial charge is 0.364 e. The summed E-state index contributed by atoms with van der Waals surface area (Å²) in [6.45, 7) is 2.40. The fourth-order valence-corrected chi connectivity index (χ4v) is 2.50. The molecule has 0 saturated carbocycles. The summed E-state index contributed by atoms with van der Waals surface area (Å²) in [4.78, 5) is 12.2. The standard InChI is InChI=1S/C14H18N6O2/c1-9-2-3-10(6-12(9)20-8-16-18-19-20)17-14(21)13-5-4-11(7-15)22-13/h2-3,6,8,11,13H,4-5,7,15H2,1H3,(H,17,21)/t11-,13+/m1/s1. The van der Waals surface area contributed by atoms with Crippen molar-refractivity contribution in [3.05, 3.63) is 30.1 Å². The second-order valence-electron chi connectivity index (χ2n) is 5.30. The summed E-state index contributed by atoms with van der Waals surface area (Å²) in [7, 11) is 0. The van der Waals surface area contributed by atoms with Crippen molar-refractivity contribution in [3.63, 3.8) is 0 Å². The molecule has 8 nitrogen and oxygen atoms in total. The molecule has 1 fully saturated rings. The van der Waals surface area contributed by atoms with Crippen LogP contribution in [0.3, 0.4) is 0 Å². The lowest BCUT2D eigenvalue weighted by Crippen LogP contribution is -2.29. The molecule has 3 N–H and O–H groups in total. The first-order valence-corrected chi connectivity index (χ1v) is 7.18. The number of rotatable bonds is 4. The lowest BCUT2D eigenvalue weighted by atomic mass is 10.1. The highest BCUT2D eigenvalue weighted by Gasteiger charge is 2.29. The third kappa shape index (κ3) is 2.97. The second kappa shape index (κ2) is 6.20. The molecule has 0 unspecified atom stereocenters. The quantitative estimate of drug-likeness (QED) is 0.847. The van der Waals surface area contributed by atoms with Crippen molar-refractivity contribution in [2.24, 2.45) is 5.73 Å². The Kier molecular flexibility index (Phi) is 4.12. The Morgan fingerprint density at radius 1 is 1.50 bits per heavy atom. The summed E-state index contributed by atoms with van der Waals surface area (Å²) >= 11 is 0. The molecule has 1 aromatic heterocycles. The minimum atomic E-state index is -0.439. The van der Waals surface area contributed by atoms with Crippen LogP contribution in [0, 0.1) is 6.92 Å². The lowest BCUT2D eigenvalue weighted by molar-refractivity contribution is -0.126. The number of anilines is 1. The SMILES string of the molecule is Cc1ccc(NC(=O)[C@@H]2CC[C@H](CN)O2)cc1-n1cnnn1. The van der Waals surface area contributed by atoms with E-state index in [2.05, 4.69) is 20.8 Å². The van der Waals surface area contributed by atoms with Crippen LogP contribution >= 0.6 is 0 Å². The Labute approximate surface area is 127 Å². The molecule has 1 amide bonds. The highest BCUT2D eigenvalue weighted by atomic mass is 16.5. The van der Waals surface area contributed by atoms with Gasteiger partial charge < -0.3 is 15.8 Å². The number of nitrogens with zero attached hydrogens (tertiary/aromatic N) is 4. The molecule has 0 bridgehead atoms. The Balaban J connectivity index is 1.73. The summed E-state index contributed by atoms with van der Waals surface area (Å²) in [6.07, 6.45) is 2.56. The number of hydrogen-bond acceptors (Lipinski definition) is 6. The van der Waals surface area contributed by atoms with E-state index < -0.39 is 6.10 Å². The summed E-state index contributed by atoms with van der Waals surface area (Å²) in [5.74, 6) is -0.150. The molecule has 116 valence electrons. The van der Waals surface area contributed by atoms with Gasteiger partial charge in [-0.05, 0) is 47.9 Å². The van der Waals surface area contributed by atoms with Gasteiger partial charge in [-0.3, -0.25) is 4.79 Å². The summed E-state index contributed by atoms with van der Waals surface area (Å²) in [5.41, 5.74) is 8.06. The maximum absolute atomic E-state index is 12.2. The second-order valence-corrected chi connectivity index (χ2v) is 5.30. The first-order valence-electron chi connectivity index (χ1n) is 7.18. The molecule has 3 rings (SSSR count). The Morgan fingerprint density at radius 3 is 3.05 bits per heavy atom. The van der Waals surface area contributed by atoms with Gasteiger partial charge in [0.1, 0.15) is 12.4 Å². The molecule has 0 aliphatic carbocycles. The molecule has 0 radical (unpaired) electrons. The molecule has 1 aromatic carbocycles. The van der Waals surface area contributed by atoms with Gasteiger partial charge in [0.05, 0.1) is 11.8 Å². The van der Waals surface area contributed by atoms with Crippen molar-refractivity contribution in [3.8, 4) is 5.69 Å². The number of nitrogens with two attached hydrogens (primary N) is 1. The zero-order chi connectivity index (χ0) is 15.5. The molecule has 2 aromatic rings. The van der Waals surface area contributed by atoms with Crippen LogP contribution < -0.4 is 11.1 Å². The van der Waals surface area contributed by atoms with Crippen LogP contribution in [0.5, 0.6) is 0 Å². The zero-order valence-electron chi connectivity index (χ0n) is 12.3. The molecular formula is C14H18N6O2. The number of tetrazole rings is 1. The van der Waals surface area contributed by atoms with Crippen LogP contribution in [-0.4, -0.2) is 44.9 Å². The number of nitrogens with one attached hydrogen (secondary N) is 1. The van der Waals surface area contributed by atoms with Crippen molar-refractivity contribution >= 4 is 11.6 Å². The predicted octanol–water partition coefficient (Wildman–Crippen LogP) is 0.416. The van der Waals surface area contributed by atoms with E-state index in [1.165, 1.54) is 6.33 Å². The van der Waals surface area contributed by atoms with Crippen LogP contribution in [0.1, 0.15) is 18.4 Å². The smallest absolute Gasteiger partial charge is 0.253 e. The van der Waals surface area contributed by atoms with Gasteiger partial charge in [-0.15, -0.1) is 5.10 Å². The maximum atomic E-state index is 12.2. The van der Waals surface area contributed by atoms with E-state index in [1.54, 1.807) is 4.68 Å². The van der Waals surface area contributed by atoms with Gasteiger partial charge in [-0.2, -0.15) is 0 Å². The topological polar surface area (TPSA) is 108 Å². The first kappa shape index (κ1) is 14.6. The minimum Gasteiger partial charge on any atom is -0.364 e. The molecule has 2 heterocycles. The van der Waals surface area contributed by atoms with Crippen molar-refractivity contribution in [1.82, 2.24) is 20.2 Å². The van der Waals surface area contributed by atoms with Gasteiger partial charge in [0.25, 0.3) is 5.91 Å².